The topological polar surface area (TPSA) is 28.3 Å². The van der Waals surface area contributed by atoms with E-state index < -0.39 is 12.5 Å². The molecule has 4 aliphatic carbocycles. The van der Waals surface area contributed by atoms with Gasteiger partial charge in [-0.1, -0.05) is 364 Å². The third-order valence-corrected chi connectivity index (χ3v) is 28.9. The van der Waals surface area contributed by atoms with Crippen molar-refractivity contribution in [2.45, 2.75) is 64.6 Å². The molecule has 18 aromatic carbocycles. The lowest BCUT2D eigenvalue weighted by atomic mass is 9.70. The van der Waals surface area contributed by atoms with Crippen LogP contribution in [0.3, 0.4) is 0 Å². The number of benzene rings is 18. The Kier molecular flexibility index (Phi) is 20.7. The van der Waals surface area contributed by atoms with E-state index in [-0.39, 0.29) is 31.5 Å². The second-order valence-corrected chi connectivity index (χ2v) is 36.9. The van der Waals surface area contributed by atoms with Crippen LogP contribution in [-0.2, 0) is 20.1 Å². The third kappa shape index (κ3) is 13.0. The molecule has 1 fully saturated rings. The lowest BCUT2D eigenvalue weighted by Gasteiger charge is -2.32. The quantitative estimate of drug-likeness (QED) is 0.128. The summed E-state index contributed by atoms with van der Waals surface area (Å²) in [5.41, 5.74) is 41.7. The van der Waals surface area contributed by atoms with Crippen LogP contribution < -0.4 is 5.46 Å². The molecule has 25 rings (SSSR count). The molecule has 0 radical (unpaired) electrons. The molecule has 2 atom stereocenters. The first-order chi connectivity index (χ1) is 62.6. The van der Waals surface area contributed by atoms with E-state index in [1.807, 2.05) is 36.4 Å². The predicted molar refractivity (Wildman–Crippen MR) is 555 cm³/mol. The minimum Gasteiger partial charge on any atom is -0.399 e. The van der Waals surface area contributed by atoms with Crippen LogP contribution in [0.1, 0.15) is 98.2 Å². The van der Waals surface area contributed by atoms with Crippen LogP contribution >= 0.6 is 39.1 Å². The van der Waals surface area contributed by atoms with Gasteiger partial charge < -0.3 is 18.4 Å². The molecule has 0 N–H and O–H groups in total. The van der Waals surface area contributed by atoms with Crippen LogP contribution in [-0.4, -0.2) is 27.5 Å². The van der Waals surface area contributed by atoms with Gasteiger partial charge in [0, 0.05) is 47.4 Å². The van der Waals surface area contributed by atoms with E-state index in [0.717, 1.165) is 59.1 Å². The molecule has 3 heterocycles. The minimum atomic E-state index is -0.473. The molecule has 0 saturated carbocycles. The van der Waals surface area contributed by atoms with Gasteiger partial charge in [-0.3, -0.25) is 0 Å². The zero-order valence-electron chi connectivity index (χ0n) is 71.1. The summed E-state index contributed by atoms with van der Waals surface area (Å²) in [6.07, 6.45) is 3.91. The van der Waals surface area contributed by atoms with E-state index in [4.69, 9.17) is 32.5 Å². The summed E-state index contributed by atoms with van der Waals surface area (Å²) < 4.78 is 18.5. The molecular formula is C122H92BBrCl2N2O2. The molecule has 0 amide bonds. The van der Waals surface area contributed by atoms with Crippen molar-refractivity contribution in [3.63, 3.8) is 0 Å². The molecule has 2 unspecified atom stereocenters. The zero-order valence-corrected chi connectivity index (χ0v) is 74.2. The lowest BCUT2D eigenvalue weighted by molar-refractivity contribution is 0.00578. The number of hydrogen-bond donors (Lipinski definition) is 0. The first-order valence-corrected chi connectivity index (χ1v) is 45.4. The van der Waals surface area contributed by atoms with E-state index in [9.17, 15) is 0 Å². The maximum absolute atomic E-state index is 6.33. The maximum atomic E-state index is 6.33. The molecule has 0 bridgehead atoms. The number of para-hydroxylation sites is 2. The van der Waals surface area contributed by atoms with Crippen molar-refractivity contribution in [3.05, 3.63) is 484 Å². The predicted octanol–water partition coefficient (Wildman–Crippen LogP) is 33.2. The Bertz CT molecular complexity index is 7970. The van der Waals surface area contributed by atoms with Crippen LogP contribution in [0.5, 0.6) is 0 Å². The normalized spacial score (nSPS) is 15.5. The molecule has 2 spiro atoms. The van der Waals surface area contributed by atoms with Gasteiger partial charge in [-0.2, -0.15) is 0 Å². The van der Waals surface area contributed by atoms with E-state index >= 15 is 0 Å². The Labute approximate surface area is 779 Å². The maximum Gasteiger partial charge on any atom is 0.494 e. The Morgan fingerprint density at radius 2 is 0.585 bits per heavy atom. The van der Waals surface area contributed by atoms with Crippen molar-refractivity contribution in [1.29, 1.82) is 0 Å². The van der Waals surface area contributed by atoms with Gasteiger partial charge in [0.05, 0.1) is 44.1 Å². The van der Waals surface area contributed by atoms with E-state index in [0.29, 0.717) is 0 Å². The van der Waals surface area contributed by atoms with E-state index in [2.05, 4.69) is 442 Å². The molecule has 5 aliphatic rings. The Morgan fingerprint density at radius 3 is 1.02 bits per heavy atom. The molecule has 130 heavy (non-hydrogen) atoms. The Balaban J connectivity index is 0.000000124. The number of fused-ring (bicyclic) bond motifs is 26. The van der Waals surface area contributed by atoms with E-state index in [1.54, 1.807) is 0 Å². The van der Waals surface area contributed by atoms with Crippen LogP contribution in [0.4, 0.5) is 0 Å². The highest BCUT2D eigenvalue weighted by Crippen LogP contribution is 2.66. The molecule has 1 aliphatic heterocycles. The van der Waals surface area contributed by atoms with Crippen molar-refractivity contribution in [2.24, 2.45) is 0 Å². The molecule has 1 saturated heterocycles. The fourth-order valence-corrected chi connectivity index (χ4v) is 22.0. The first-order valence-electron chi connectivity index (χ1n) is 43.8. The monoisotopic (exact) mass is 1780 g/mol. The number of rotatable bonds is 10. The van der Waals surface area contributed by atoms with Crippen LogP contribution in [0.2, 0.25) is 10.0 Å². The summed E-state index contributed by atoms with van der Waals surface area (Å²) in [6.45, 7) is 16.6. The number of halogens is 3. The molecule has 4 nitrogen and oxygen atoms in total. The van der Waals surface area contributed by atoms with E-state index in [1.165, 1.54) is 172 Å². The number of hydrogen-bond acceptors (Lipinski definition) is 2. The Hall–Kier alpha value is -13.9. The molecule has 8 heteroatoms. The van der Waals surface area contributed by atoms with Crippen molar-refractivity contribution < 1.29 is 9.31 Å². The van der Waals surface area contributed by atoms with Crippen molar-refractivity contribution in [3.8, 4) is 112 Å². The van der Waals surface area contributed by atoms with Gasteiger partial charge in [0.25, 0.3) is 0 Å². The zero-order chi connectivity index (χ0) is 86.5. The van der Waals surface area contributed by atoms with Gasteiger partial charge in [-0.05, 0) is 304 Å². The summed E-state index contributed by atoms with van der Waals surface area (Å²) in [7, 11) is -0.399. The molecule has 2 aromatic heterocycles. The SMILES string of the molecule is C.C.C=Cc1ccccc1-c1ccc2c(c1)C1(c3ccccc3-c3ccc(-c4cccc(-n5c6ccccc6c6cc(-c7ccc(Cl)cc7)ccc65)c4)cc31)c1ccccc1-2.C=Cc1ccccc1-c1ccc2c(c1)C1(c3ccccc3-c3ccc(Br)cc31)c1ccccc1-2.CC1(C)OB(c2cccc(-n3c4ccccc4c4cc(-c5ccc(Cl)cc5)ccc43)c2)OC1(C)C. The Morgan fingerprint density at radius 1 is 0.269 bits per heavy atom. The minimum absolute atomic E-state index is 0. The molecular weight excluding hydrogens is 1690 g/mol. The summed E-state index contributed by atoms with van der Waals surface area (Å²) in [5.74, 6) is 0. The number of aromatic nitrogens is 2. The number of nitrogens with zero attached hydrogens (tertiary/aromatic N) is 2. The second kappa shape index (κ2) is 32.4. The van der Waals surface area contributed by atoms with Gasteiger partial charge in [0.15, 0.2) is 0 Å². The smallest absolute Gasteiger partial charge is 0.399 e. The summed E-state index contributed by atoms with van der Waals surface area (Å²) in [5, 5.41) is 6.38. The highest BCUT2D eigenvalue weighted by atomic mass is 79.9. The lowest BCUT2D eigenvalue weighted by Crippen LogP contribution is -2.41. The van der Waals surface area contributed by atoms with Crippen LogP contribution in [0, 0.1) is 0 Å². The highest BCUT2D eigenvalue weighted by Gasteiger charge is 2.55. The average Bonchev–Trinajstić information content (AvgIpc) is 1.51. The van der Waals surface area contributed by atoms with Gasteiger partial charge in [0.2, 0.25) is 0 Å². The first kappa shape index (κ1) is 83.0. The van der Waals surface area contributed by atoms with Gasteiger partial charge in [0.1, 0.15) is 0 Å². The average molecular weight is 1780 g/mol. The van der Waals surface area contributed by atoms with Crippen molar-refractivity contribution in [2.75, 3.05) is 0 Å². The van der Waals surface area contributed by atoms with Crippen molar-refractivity contribution >= 4 is 107 Å². The van der Waals surface area contributed by atoms with Crippen LogP contribution in [0.15, 0.2) is 418 Å². The fraction of sp³-hybridized carbons (Fsp3) is 0.0820. The summed E-state index contributed by atoms with van der Waals surface area (Å²) in [6, 6.07) is 145. The molecule has 626 valence electrons. The largest absolute Gasteiger partial charge is 0.494 e. The summed E-state index contributed by atoms with van der Waals surface area (Å²) in [4.78, 5) is 0. The van der Waals surface area contributed by atoms with Gasteiger partial charge in [-0.25, -0.2) is 0 Å². The molecule has 20 aromatic rings. The summed E-state index contributed by atoms with van der Waals surface area (Å²) >= 11 is 16.1. The van der Waals surface area contributed by atoms with Gasteiger partial charge in [-0.15, -0.1) is 0 Å². The van der Waals surface area contributed by atoms with Gasteiger partial charge >= 0.3 is 7.12 Å². The third-order valence-electron chi connectivity index (χ3n) is 27.9. The highest BCUT2D eigenvalue weighted by molar-refractivity contribution is 9.10. The van der Waals surface area contributed by atoms with Crippen LogP contribution in [0.25, 0.3) is 167 Å². The second-order valence-electron chi connectivity index (χ2n) is 35.2. The fourth-order valence-electron chi connectivity index (χ4n) is 21.4. The standard InChI is InChI=1S/C57H36ClN.C33H21Br.C30H27BClNO2.2CH4/c1-2-36-12-3-4-15-44(36)41-25-30-48-46-17-6-9-20-52(46)57(54(48)35-41)51-19-8-5-16-45(51)47-29-24-40(34-53(47)57)38-13-11-14-43(32-38)59-55-21-10-7-18-49(55)50-33-39(26-31-56(50)59)37-22-27-42(58)28-23-37;1-2-21-9-3-4-10-24(21)22-15-17-27-25-11-5-7-13-29(25)33(31(27)19-22)30-14-8-6-12-26(30)28-18-16-23(34)20-32(28)33;1-29(2)30(3,4)35-31(34-29)22-8-7-9-24(19-22)33-27-11-6-5-10-25(27)26-18-21(14-17-28(26)33)20-12-15-23(32)16-13-20;;/h2-35H,1H2;2-20H,1H2;5-19H,1-4H3;2*1H4. The van der Waals surface area contributed by atoms with Crippen molar-refractivity contribution in [1.82, 2.24) is 9.13 Å².